The highest BCUT2D eigenvalue weighted by Gasteiger charge is 2.13. The highest BCUT2D eigenvalue weighted by molar-refractivity contribution is 5.79. The Labute approximate surface area is 181 Å². The normalized spacial score (nSPS) is 12.5. The molecule has 0 radical (unpaired) electrons. The van der Waals surface area contributed by atoms with Gasteiger partial charge in [0.1, 0.15) is 18.2 Å². The Balaban J connectivity index is 0.000000225. The average molecular weight is 426 g/mol. The van der Waals surface area contributed by atoms with Crippen molar-refractivity contribution in [2.75, 3.05) is 39.1 Å². The summed E-state index contributed by atoms with van der Waals surface area (Å²) in [5.74, 6) is -0.0396. The molecule has 0 bridgehead atoms. The Morgan fingerprint density at radius 2 is 2.06 bits per heavy atom. The lowest BCUT2D eigenvalue weighted by molar-refractivity contribution is -0.105. The fraction of sp³-hybridized carbons (Fsp3) is 0.304. The molecule has 1 amide bonds. The van der Waals surface area contributed by atoms with Gasteiger partial charge in [0.2, 0.25) is 6.41 Å². The molecule has 0 saturated heterocycles. The topological polar surface area (TPSA) is 82.3 Å². The van der Waals surface area contributed by atoms with Crippen molar-refractivity contribution in [2.24, 2.45) is 0 Å². The first kappa shape index (κ1) is 22.5. The van der Waals surface area contributed by atoms with E-state index < -0.39 is 5.82 Å². The molecule has 0 atom stereocenters. The Hall–Kier alpha value is -3.23. The van der Waals surface area contributed by atoms with Gasteiger partial charge in [0.05, 0.1) is 11.9 Å². The van der Waals surface area contributed by atoms with Crippen molar-refractivity contribution in [1.29, 1.82) is 0 Å². The van der Waals surface area contributed by atoms with Gasteiger partial charge in [-0.25, -0.2) is 4.39 Å². The number of carbonyl (C=O) groups is 1. The molecule has 0 saturated carbocycles. The summed E-state index contributed by atoms with van der Waals surface area (Å²) in [6, 6.07) is 11.4. The van der Waals surface area contributed by atoms with E-state index in [0.717, 1.165) is 13.1 Å². The van der Waals surface area contributed by atoms with Crippen molar-refractivity contribution in [3.8, 4) is 16.9 Å². The van der Waals surface area contributed by atoms with E-state index >= 15 is 0 Å². The maximum absolute atomic E-state index is 14.1. The maximum atomic E-state index is 14.1. The molecule has 164 valence electrons. The van der Waals surface area contributed by atoms with E-state index in [4.69, 9.17) is 4.74 Å². The Bertz CT molecular complexity index is 951. The predicted octanol–water partition coefficient (Wildman–Crippen LogP) is 3.06. The number of H-pyrrole nitrogens is 1. The molecule has 0 unspecified atom stereocenters. The van der Waals surface area contributed by atoms with Crippen LogP contribution in [0.3, 0.4) is 0 Å². The number of ether oxygens (including phenoxy) is 1. The maximum Gasteiger partial charge on any atom is 0.211 e. The van der Waals surface area contributed by atoms with E-state index in [1.165, 1.54) is 29.8 Å². The molecule has 3 aromatic rings. The lowest BCUT2D eigenvalue weighted by Gasteiger charge is -2.15. The van der Waals surface area contributed by atoms with Gasteiger partial charge in [-0.2, -0.15) is 5.10 Å². The summed E-state index contributed by atoms with van der Waals surface area (Å²) in [5.41, 5.74) is 4.26. The van der Waals surface area contributed by atoms with Crippen molar-refractivity contribution in [1.82, 2.24) is 20.4 Å². The number of nitrogens with one attached hydrogen (secondary N) is 3. The Morgan fingerprint density at radius 1 is 1.26 bits per heavy atom. The smallest absolute Gasteiger partial charge is 0.211 e. The molecule has 7 nitrogen and oxygen atoms in total. The summed E-state index contributed by atoms with van der Waals surface area (Å²) in [6.07, 6.45) is 4.80. The van der Waals surface area contributed by atoms with E-state index in [-0.39, 0.29) is 0 Å². The van der Waals surface area contributed by atoms with Gasteiger partial charge in [0.25, 0.3) is 0 Å². The van der Waals surface area contributed by atoms with Crippen molar-refractivity contribution >= 4 is 12.1 Å². The first-order chi connectivity index (χ1) is 15.1. The quantitative estimate of drug-likeness (QED) is 0.507. The van der Waals surface area contributed by atoms with Gasteiger partial charge in [0, 0.05) is 36.5 Å². The highest BCUT2D eigenvalue weighted by Crippen LogP contribution is 2.33. The second kappa shape index (κ2) is 11.2. The number of aromatic nitrogens is 2. The molecule has 8 heteroatoms. The number of likely N-dealkylation sites (N-methyl/N-ethyl adjacent to an activating group) is 1. The number of nitrogens with zero attached hydrogens (tertiary/aromatic N) is 2. The first-order valence-corrected chi connectivity index (χ1v) is 10.2. The number of hydrogen-bond acceptors (Lipinski definition) is 5. The van der Waals surface area contributed by atoms with E-state index in [2.05, 4.69) is 45.1 Å². The van der Waals surface area contributed by atoms with Crippen LogP contribution in [0.5, 0.6) is 5.75 Å². The van der Waals surface area contributed by atoms with Crippen LogP contribution >= 0.6 is 0 Å². The van der Waals surface area contributed by atoms with Crippen molar-refractivity contribution in [2.45, 2.75) is 13.0 Å². The van der Waals surface area contributed by atoms with Crippen LogP contribution in [0.1, 0.15) is 11.1 Å². The van der Waals surface area contributed by atoms with Crippen LogP contribution in [0.2, 0.25) is 0 Å². The summed E-state index contributed by atoms with van der Waals surface area (Å²) in [4.78, 5) is 12.6. The van der Waals surface area contributed by atoms with Crippen LogP contribution < -0.4 is 15.4 Å². The molecule has 0 fully saturated rings. The first-order valence-electron chi connectivity index (χ1n) is 10.2. The summed E-state index contributed by atoms with van der Waals surface area (Å²) in [6.45, 7) is 3.32. The molecule has 2 heterocycles. The fourth-order valence-corrected chi connectivity index (χ4v) is 3.23. The summed E-state index contributed by atoms with van der Waals surface area (Å²) >= 11 is 0. The van der Waals surface area contributed by atoms with Gasteiger partial charge in [-0.15, -0.1) is 0 Å². The van der Waals surface area contributed by atoms with Crippen LogP contribution in [-0.4, -0.2) is 55.3 Å². The Kier molecular flexibility index (Phi) is 8.14. The van der Waals surface area contributed by atoms with Crippen LogP contribution in [-0.2, 0) is 17.8 Å². The minimum Gasteiger partial charge on any atom is -0.490 e. The summed E-state index contributed by atoms with van der Waals surface area (Å²) in [7, 11) is 3.85. The van der Waals surface area contributed by atoms with Gasteiger partial charge >= 0.3 is 0 Å². The van der Waals surface area contributed by atoms with Crippen LogP contribution in [0.25, 0.3) is 11.1 Å². The molecular formula is C23H28FN5O2. The molecule has 1 aliphatic heterocycles. The van der Waals surface area contributed by atoms with E-state index in [1.807, 2.05) is 19.0 Å². The van der Waals surface area contributed by atoms with Crippen molar-refractivity contribution in [3.63, 3.8) is 0 Å². The van der Waals surface area contributed by atoms with Crippen molar-refractivity contribution in [3.05, 3.63) is 65.7 Å². The third-order valence-corrected chi connectivity index (χ3v) is 4.89. The standard InChI is InChI=1S/C14H17FN4O2.C9H11N/c1-19(2)3-4-21-14-5-11(10-7-17-18-8-10)12(15)6-13(14)16-9-20;1-2-4-9-7-10-6-5-8(9)3-1/h5-9H,3-4H2,1-2H3,(H,16,20)(H,17,18);1-4,10H,5-7H2. The second-order valence-corrected chi connectivity index (χ2v) is 7.42. The number of aromatic amines is 1. The van der Waals surface area contributed by atoms with Crippen molar-refractivity contribution < 1.29 is 13.9 Å². The third kappa shape index (κ3) is 6.37. The number of benzene rings is 2. The molecule has 4 rings (SSSR count). The molecule has 1 aromatic heterocycles. The number of hydrogen-bond donors (Lipinski definition) is 3. The van der Waals surface area contributed by atoms with E-state index in [9.17, 15) is 9.18 Å². The third-order valence-electron chi connectivity index (χ3n) is 4.89. The molecule has 0 aliphatic carbocycles. The SMILES string of the molecule is CN(C)CCOc1cc(-c2cn[nH]c2)c(F)cc1NC=O.c1ccc2c(c1)CCNC2. The lowest BCUT2D eigenvalue weighted by Crippen LogP contribution is -2.23. The number of anilines is 1. The van der Waals surface area contributed by atoms with Gasteiger partial charge in [-0.1, -0.05) is 24.3 Å². The molecule has 3 N–H and O–H groups in total. The number of amides is 1. The molecule has 0 spiro atoms. The van der Waals surface area contributed by atoms with Gasteiger partial charge in [-0.3, -0.25) is 9.89 Å². The minimum absolute atomic E-state index is 0.300. The number of carbonyl (C=O) groups excluding carboxylic acids is 1. The zero-order valence-corrected chi connectivity index (χ0v) is 17.8. The Morgan fingerprint density at radius 3 is 2.74 bits per heavy atom. The molecule has 2 aromatic carbocycles. The molecular weight excluding hydrogens is 397 g/mol. The van der Waals surface area contributed by atoms with Gasteiger partial charge < -0.3 is 20.3 Å². The number of fused-ring (bicyclic) bond motifs is 1. The van der Waals surface area contributed by atoms with E-state index in [0.29, 0.717) is 42.1 Å². The summed E-state index contributed by atoms with van der Waals surface area (Å²) < 4.78 is 19.7. The predicted molar refractivity (Wildman–Crippen MR) is 120 cm³/mol. The number of halogens is 1. The zero-order chi connectivity index (χ0) is 22.1. The van der Waals surface area contributed by atoms with Crippen LogP contribution in [0, 0.1) is 5.82 Å². The fourth-order valence-electron chi connectivity index (χ4n) is 3.23. The molecule has 31 heavy (non-hydrogen) atoms. The highest BCUT2D eigenvalue weighted by atomic mass is 19.1. The summed E-state index contributed by atoms with van der Waals surface area (Å²) in [5, 5.41) is 12.2. The van der Waals surface area contributed by atoms with Gasteiger partial charge in [0.15, 0.2) is 0 Å². The van der Waals surface area contributed by atoms with E-state index in [1.54, 1.807) is 12.3 Å². The number of rotatable bonds is 7. The lowest BCUT2D eigenvalue weighted by atomic mass is 10.0. The minimum atomic E-state index is -0.458. The second-order valence-electron chi connectivity index (χ2n) is 7.42. The largest absolute Gasteiger partial charge is 0.490 e. The van der Waals surface area contributed by atoms with Crippen LogP contribution in [0.15, 0.2) is 48.8 Å². The molecule has 1 aliphatic rings. The van der Waals surface area contributed by atoms with Crippen LogP contribution in [0.4, 0.5) is 10.1 Å². The average Bonchev–Trinajstić information content (AvgIpc) is 3.30. The zero-order valence-electron chi connectivity index (χ0n) is 17.8. The van der Waals surface area contributed by atoms with Gasteiger partial charge in [-0.05, 0) is 44.3 Å². The monoisotopic (exact) mass is 425 g/mol.